The molecule has 33 heavy (non-hydrogen) atoms. The Morgan fingerprint density at radius 2 is 1.55 bits per heavy atom. The number of carbonyl (C=O) groups excluding carboxylic acids is 2. The van der Waals surface area contributed by atoms with Crippen LogP contribution in [-0.2, 0) is 19.1 Å². The number of carboxylic acids is 1. The second-order valence-corrected chi connectivity index (χ2v) is 10.8. The van der Waals surface area contributed by atoms with Gasteiger partial charge in [-0.2, -0.15) is 11.8 Å². The van der Waals surface area contributed by atoms with Crippen LogP contribution in [0.5, 0.6) is 0 Å². The molecule has 1 rings (SSSR count). The quantitative estimate of drug-likeness (QED) is 0.126. The van der Waals surface area contributed by atoms with E-state index in [0.29, 0.717) is 24.7 Å². The molecule has 0 aliphatic carbocycles. The summed E-state index contributed by atoms with van der Waals surface area (Å²) in [6.45, 7) is 2.44. The van der Waals surface area contributed by atoms with E-state index in [2.05, 4.69) is 11.9 Å². The first-order valence-electron chi connectivity index (χ1n) is 13.2. The molecule has 1 saturated heterocycles. The Morgan fingerprint density at radius 3 is 2.21 bits per heavy atom. The van der Waals surface area contributed by atoms with Crippen molar-refractivity contribution in [2.24, 2.45) is 5.92 Å². The Morgan fingerprint density at radius 1 is 0.939 bits per heavy atom. The molecule has 1 aliphatic heterocycles. The highest BCUT2D eigenvalue weighted by atomic mass is 32.2. The number of piperidine rings is 1. The third-order valence-electron chi connectivity index (χ3n) is 6.39. The molecule has 1 heterocycles. The molecule has 0 radical (unpaired) electrons. The molecule has 2 atom stereocenters. The Labute approximate surface area is 205 Å². The summed E-state index contributed by atoms with van der Waals surface area (Å²) in [7, 11) is 2.13. The zero-order valence-electron chi connectivity index (χ0n) is 20.8. The van der Waals surface area contributed by atoms with E-state index in [1.54, 1.807) is 0 Å². The van der Waals surface area contributed by atoms with E-state index in [0.717, 1.165) is 89.3 Å². The molecule has 1 N–H and O–H groups in total. The second-order valence-electron chi connectivity index (χ2n) is 9.43. The lowest BCUT2D eigenvalue weighted by Crippen LogP contribution is -2.44. The van der Waals surface area contributed by atoms with Gasteiger partial charge >= 0.3 is 11.9 Å². The summed E-state index contributed by atoms with van der Waals surface area (Å²) in [4.78, 5) is 35.8. The topological polar surface area (TPSA) is 83.9 Å². The second kappa shape index (κ2) is 20.3. The fourth-order valence-electron chi connectivity index (χ4n) is 4.32. The van der Waals surface area contributed by atoms with E-state index in [1.165, 1.54) is 25.7 Å². The van der Waals surface area contributed by atoms with Gasteiger partial charge in [0.1, 0.15) is 6.29 Å². The number of unbranched alkanes of at least 4 members (excludes halogenated alkanes) is 12. The molecular formula is C26H47NO5S. The maximum absolute atomic E-state index is 12.7. The van der Waals surface area contributed by atoms with Crippen molar-refractivity contribution in [1.29, 1.82) is 0 Å². The zero-order chi connectivity index (χ0) is 24.2. The summed E-state index contributed by atoms with van der Waals surface area (Å²) in [6.07, 6.45) is 17.0. The van der Waals surface area contributed by atoms with Crippen LogP contribution in [0.3, 0.4) is 0 Å². The number of aliphatic carboxylic acids is 1. The number of aldehydes is 1. The molecule has 0 aromatic carbocycles. The summed E-state index contributed by atoms with van der Waals surface area (Å²) >= 11 is 1.94. The average Bonchev–Trinajstić information content (AvgIpc) is 2.79. The van der Waals surface area contributed by atoms with Gasteiger partial charge in [0.15, 0.2) is 0 Å². The van der Waals surface area contributed by atoms with Crippen LogP contribution in [0, 0.1) is 5.92 Å². The van der Waals surface area contributed by atoms with Crippen LogP contribution in [0.1, 0.15) is 103 Å². The minimum absolute atomic E-state index is 0.00653. The van der Waals surface area contributed by atoms with E-state index < -0.39 is 5.97 Å². The number of thioether (sulfide) groups is 1. The number of likely N-dealkylation sites (tertiary alicyclic amines) is 1. The van der Waals surface area contributed by atoms with Gasteiger partial charge in [-0.05, 0) is 51.4 Å². The number of hydrogen-bond donors (Lipinski definition) is 1. The van der Waals surface area contributed by atoms with Crippen molar-refractivity contribution in [2.45, 2.75) is 108 Å². The Kier molecular flexibility index (Phi) is 18.4. The average molecular weight is 486 g/mol. The Hall–Kier alpha value is -1.08. The lowest BCUT2D eigenvalue weighted by atomic mass is 9.97. The molecule has 0 spiro atoms. The molecule has 0 bridgehead atoms. The van der Waals surface area contributed by atoms with Crippen LogP contribution in [0.2, 0.25) is 0 Å². The molecule has 6 nitrogen and oxygen atoms in total. The summed E-state index contributed by atoms with van der Waals surface area (Å²) in [5, 5.41) is 8.98. The largest absolute Gasteiger partial charge is 0.481 e. The predicted octanol–water partition coefficient (Wildman–Crippen LogP) is 5.72. The summed E-state index contributed by atoms with van der Waals surface area (Å²) in [6, 6.07) is 0. The van der Waals surface area contributed by atoms with Gasteiger partial charge in [0.2, 0.25) is 0 Å². The highest BCUT2D eigenvalue weighted by Gasteiger charge is 2.34. The third-order valence-corrected chi connectivity index (χ3v) is 7.82. The van der Waals surface area contributed by atoms with Crippen LogP contribution in [0.15, 0.2) is 0 Å². The van der Waals surface area contributed by atoms with Gasteiger partial charge in [0, 0.05) is 24.6 Å². The number of nitrogens with zero attached hydrogens (tertiary/aromatic N) is 1. The minimum atomic E-state index is -0.693. The summed E-state index contributed by atoms with van der Waals surface area (Å²) < 4.78 is 5.64. The van der Waals surface area contributed by atoms with Gasteiger partial charge < -0.3 is 19.5 Å². The number of rotatable bonds is 21. The SMILES string of the molecule is CN1CCC(C(=O)OCCCCCCCCC=O)C(SCCCCCCCCCC(=O)O)C1. The van der Waals surface area contributed by atoms with Crippen molar-refractivity contribution in [1.82, 2.24) is 4.90 Å². The molecule has 1 fully saturated rings. The van der Waals surface area contributed by atoms with Crippen LogP contribution < -0.4 is 0 Å². The third kappa shape index (κ3) is 16.2. The first kappa shape index (κ1) is 30.0. The molecule has 0 amide bonds. The number of esters is 1. The van der Waals surface area contributed by atoms with Crippen LogP contribution in [0.25, 0.3) is 0 Å². The van der Waals surface area contributed by atoms with Crippen molar-refractivity contribution in [3.05, 3.63) is 0 Å². The lowest BCUT2D eigenvalue weighted by molar-refractivity contribution is -0.150. The lowest BCUT2D eigenvalue weighted by Gasteiger charge is -2.35. The first-order chi connectivity index (χ1) is 16.0. The van der Waals surface area contributed by atoms with Crippen molar-refractivity contribution >= 4 is 30.0 Å². The van der Waals surface area contributed by atoms with E-state index in [4.69, 9.17) is 9.84 Å². The summed E-state index contributed by atoms with van der Waals surface area (Å²) in [5.74, 6) is 0.406. The fourth-order valence-corrected chi connectivity index (χ4v) is 5.84. The molecule has 192 valence electrons. The monoisotopic (exact) mass is 485 g/mol. The van der Waals surface area contributed by atoms with E-state index >= 15 is 0 Å². The maximum atomic E-state index is 12.7. The summed E-state index contributed by atoms with van der Waals surface area (Å²) in [5.41, 5.74) is 0. The van der Waals surface area contributed by atoms with E-state index in [-0.39, 0.29) is 11.9 Å². The zero-order valence-corrected chi connectivity index (χ0v) is 21.6. The molecule has 7 heteroatoms. The van der Waals surface area contributed by atoms with Gasteiger partial charge in [0.25, 0.3) is 0 Å². The molecule has 1 aliphatic rings. The van der Waals surface area contributed by atoms with E-state index in [1.807, 2.05) is 11.8 Å². The molecule has 2 unspecified atom stereocenters. The fraction of sp³-hybridized carbons (Fsp3) is 0.885. The van der Waals surface area contributed by atoms with Crippen LogP contribution in [-0.4, -0.2) is 66.0 Å². The highest BCUT2D eigenvalue weighted by molar-refractivity contribution is 7.99. The van der Waals surface area contributed by atoms with Crippen LogP contribution in [0.4, 0.5) is 0 Å². The number of carboxylic acid groups (broad SMARTS) is 1. The van der Waals surface area contributed by atoms with Crippen molar-refractivity contribution < 1.29 is 24.2 Å². The van der Waals surface area contributed by atoms with Crippen molar-refractivity contribution in [3.63, 3.8) is 0 Å². The van der Waals surface area contributed by atoms with Gasteiger partial charge in [-0.25, -0.2) is 0 Å². The maximum Gasteiger partial charge on any atom is 0.310 e. The molecular weight excluding hydrogens is 438 g/mol. The molecule has 0 aromatic rings. The van der Waals surface area contributed by atoms with Crippen molar-refractivity contribution in [3.8, 4) is 0 Å². The normalized spacial score (nSPS) is 18.8. The minimum Gasteiger partial charge on any atom is -0.481 e. The highest BCUT2D eigenvalue weighted by Crippen LogP contribution is 2.29. The van der Waals surface area contributed by atoms with Crippen LogP contribution >= 0.6 is 11.8 Å². The molecule has 0 aromatic heterocycles. The smallest absolute Gasteiger partial charge is 0.310 e. The Bertz CT molecular complexity index is 531. The number of ether oxygens (including phenoxy) is 1. The van der Waals surface area contributed by atoms with Gasteiger partial charge in [-0.3, -0.25) is 9.59 Å². The van der Waals surface area contributed by atoms with Gasteiger partial charge in [0.05, 0.1) is 12.5 Å². The number of hydrogen-bond acceptors (Lipinski definition) is 6. The van der Waals surface area contributed by atoms with Gasteiger partial charge in [-0.15, -0.1) is 0 Å². The van der Waals surface area contributed by atoms with Crippen molar-refractivity contribution in [2.75, 3.05) is 32.5 Å². The van der Waals surface area contributed by atoms with Gasteiger partial charge in [-0.1, -0.05) is 57.8 Å². The standard InChI is InChI=1S/C26H47NO5S/c1-27-18-17-23(26(31)32-20-14-10-6-3-5-9-13-19-28)24(22-27)33-21-15-11-7-2-4-8-12-16-25(29)30/h19,23-24H,2-18,20-22H2,1H3,(H,29,30). The molecule has 0 saturated carbocycles. The first-order valence-corrected chi connectivity index (χ1v) is 14.2. The van der Waals surface area contributed by atoms with E-state index in [9.17, 15) is 14.4 Å². The number of carbonyl (C=O) groups is 3. The predicted molar refractivity (Wildman–Crippen MR) is 136 cm³/mol. The Balaban J connectivity index is 2.12.